The van der Waals surface area contributed by atoms with Crippen molar-refractivity contribution in [2.45, 2.75) is 32.7 Å². The van der Waals surface area contributed by atoms with Gasteiger partial charge in [0.15, 0.2) is 0 Å². The van der Waals surface area contributed by atoms with Crippen molar-refractivity contribution in [3.63, 3.8) is 0 Å². The number of aromatic hydroxyl groups is 1. The van der Waals surface area contributed by atoms with E-state index in [1.807, 2.05) is 4.90 Å². The van der Waals surface area contributed by atoms with Gasteiger partial charge in [0, 0.05) is 12.6 Å². The molecule has 2 rings (SSSR count). The monoisotopic (exact) mass is 233 g/mol. The zero-order valence-electron chi connectivity index (χ0n) is 10.4. The van der Waals surface area contributed by atoms with Crippen molar-refractivity contribution in [1.29, 1.82) is 0 Å². The summed E-state index contributed by atoms with van der Waals surface area (Å²) in [5.74, 6) is 0.483. The Kier molecular flexibility index (Phi) is 3.36. The molecule has 1 aromatic rings. The van der Waals surface area contributed by atoms with Gasteiger partial charge in [0.2, 0.25) is 0 Å². The zero-order valence-corrected chi connectivity index (χ0v) is 10.4. The maximum atomic E-state index is 12.3. The third-order valence-electron chi connectivity index (χ3n) is 2.94. The predicted octanol–water partition coefficient (Wildman–Crippen LogP) is 2.65. The normalized spacial score (nSPS) is 15.0. The van der Waals surface area contributed by atoms with Gasteiger partial charge in [-0.1, -0.05) is 26.0 Å². The van der Waals surface area contributed by atoms with E-state index in [0.29, 0.717) is 17.5 Å². The first-order valence-corrected chi connectivity index (χ1v) is 6.18. The number of phenols is 1. The van der Waals surface area contributed by atoms with Crippen LogP contribution in [0.1, 0.15) is 37.0 Å². The quantitative estimate of drug-likeness (QED) is 0.868. The maximum Gasteiger partial charge on any atom is 0.257 e. The van der Waals surface area contributed by atoms with E-state index in [1.54, 1.807) is 24.3 Å². The second kappa shape index (κ2) is 4.78. The SMILES string of the molecule is CC(C)CN(C(=O)c1ccccc1O)C1CC1. The van der Waals surface area contributed by atoms with Gasteiger partial charge in [-0.15, -0.1) is 0 Å². The molecule has 0 bridgehead atoms. The molecule has 3 heteroatoms. The molecule has 92 valence electrons. The first-order chi connectivity index (χ1) is 8.09. The molecule has 0 spiro atoms. The minimum Gasteiger partial charge on any atom is -0.507 e. The van der Waals surface area contributed by atoms with Gasteiger partial charge in [0.1, 0.15) is 5.75 Å². The Balaban J connectivity index is 2.19. The summed E-state index contributed by atoms with van der Waals surface area (Å²) in [6.07, 6.45) is 2.18. The van der Waals surface area contributed by atoms with E-state index in [4.69, 9.17) is 0 Å². The van der Waals surface area contributed by atoms with Gasteiger partial charge in [-0.3, -0.25) is 4.79 Å². The van der Waals surface area contributed by atoms with Crippen LogP contribution >= 0.6 is 0 Å². The molecule has 0 heterocycles. The number of para-hydroxylation sites is 1. The Hall–Kier alpha value is -1.51. The van der Waals surface area contributed by atoms with Crippen molar-refractivity contribution in [3.05, 3.63) is 29.8 Å². The van der Waals surface area contributed by atoms with Crippen molar-refractivity contribution >= 4 is 5.91 Å². The fraction of sp³-hybridized carbons (Fsp3) is 0.500. The molecule has 1 amide bonds. The summed E-state index contributed by atoms with van der Waals surface area (Å²) in [5, 5.41) is 9.72. The predicted molar refractivity (Wildman–Crippen MR) is 67.0 cm³/mol. The van der Waals surface area contributed by atoms with Gasteiger partial charge >= 0.3 is 0 Å². The Morgan fingerprint density at radius 3 is 2.59 bits per heavy atom. The van der Waals surface area contributed by atoms with Crippen molar-refractivity contribution in [2.75, 3.05) is 6.54 Å². The van der Waals surface area contributed by atoms with Crippen LogP contribution in [-0.2, 0) is 0 Å². The second-order valence-corrected chi connectivity index (χ2v) is 5.10. The molecule has 1 aliphatic carbocycles. The Morgan fingerprint density at radius 1 is 1.41 bits per heavy atom. The standard InChI is InChI=1S/C14H19NO2/c1-10(2)9-15(11-7-8-11)14(17)12-5-3-4-6-13(12)16/h3-6,10-11,16H,7-9H2,1-2H3. The number of hydrogen-bond acceptors (Lipinski definition) is 2. The third-order valence-corrected chi connectivity index (χ3v) is 2.94. The van der Waals surface area contributed by atoms with Gasteiger partial charge in [0.25, 0.3) is 5.91 Å². The van der Waals surface area contributed by atoms with Crippen molar-refractivity contribution < 1.29 is 9.90 Å². The number of carbonyl (C=O) groups is 1. The Morgan fingerprint density at radius 2 is 2.06 bits per heavy atom. The molecule has 0 aliphatic heterocycles. The second-order valence-electron chi connectivity index (χ2n) is 5.10. The van der Waals surface area contributed by atoms with Gasteiger partial charge in [-0.25, -0.2) is 0 Å². The van der Waals surface area contributed by atoms with Gasteiger partial charge in [-0.2, -0.15) is 0 Å². The first-order valence-electron chi connectivity index (χ1n) is 6.18. The van der Waals surface area contributed by atoms with E-state index in [2.05, 4.69) is 13.8 Å². The van der Waals surface area contributed by atoms with Gasteiger partial charge in [0.05, 0.1) is 5.56 Å². The fourth-order valence-electron chi connectivity index (χ4n) is 1.99. The lowest BCUT2D eigenvalue weighted by Crippen LogP contribution is -2.36. The summed E-state index contributed by atoms with van der Waals surface area (Å²) < 4.78 is 0. The lowest BCUT2D eigenvalue weighted by atomic mass is 10.1. The molecule has 1 N–H and O–H groups in total. The molecule has 1 saturated carbocycles. The number of carbonyl (C=O) groups excluding carboxylic acids is 1. The average Bonchev–Trinajstić information content (AvgIpc) is 3.09. The number of phenolic OH excluding ortho intramolecular Hbond substituents is 1. The third kappa shape index (κ3) is 2.78. The van der Waals surface area contributed by atoms with E-state index in [0.717, 1.165) is 19.4 Å². The zero-order chi connectivity index (χ0) is 12.4. The van der Waals surface area contributed by atoms with E-state index >= 15 is 0 Å². The highest BCUT2D eigenvalue weighted by Gasteiger charge is 2.33. The van der Waals surface area contributed by atoms with Crippen molar-refractivity contribution in [1.82, 2.24) is 4.90 Å². The van der Waals surface area contributed by atoms with Gasteiger partial charge < -0.3 is 10.0 Å². The molecular formula is C14H19NO2. The molecule has 17 heavy (non-hydrogen) atoms. The highest BCUT2D eigenvalue weighted by atomic mass is 16.3. The summed E-state index contributed by atoms with van der Waals surface area (Å²) >= 11 is 0. The van der Waals surface area contributed by atoms with E-state index in [9.17, 15) is 9.90 Å². The summed E-state index contributed by atoms with van der Waals surface area (Å²) in [7, 11) is 0. The molecule has 0 radical (unpaired) electrons. The summed E-state index contributed by atoms with van der Waals surface area (Å²) in [4.78, 5) is 14.3. The highest BCUT2D eigenvalue weighted by molar-refractivity contribution is 5.97. The van der Waals surface area contributed by atoms with E-state index < -0.39 is 0 Å². The molecule has 1 fully saturated rings. The number of rotatable bonds is 4. The lowest BCUT2D eigenvalue weighted by Gasteiger charge is -2.24. The Labute approximate surface area is 102 Å². The smallest absolute Gasteiger partial charge is 0.257 e. The minimum absolute atomic E-state index is 0.0423. The van der Waals surface area contributed by atoms with Crippen LogP contribution in [0.5, 0.6) is 5.75 Å². The summed E-state index contributed by atoms with van der Waals surface area (Å²) in [5.41, 5.74) is 0.417. The molecular weight excluding hydrogens is 214 g/mol. The molecule has 1 aromatic carbocycles. The number of benzene rings is 1. The Bertz CT molecular complexity index is 410. The lowest BCUT2D eigenvalue weighted by molar-refractivity contribution is 0.0719. The minimum atomic E-state index is -0.0423. The number of hydrogen-bond donors (Lipinski definition) is 1. The van der Waals surface area contributed by atoms with Crippen LogP contribution in [-0.4, -0.2) is 28.5 Å². The van der Waals surface area contributed by atoms with Crippen LogP contribution in [0.2, 0.25) is 0 Å². The van der Waals surface area contributed by atoms with Crippen LogP contribution in [0.4, 0.5) is 0 Å². The van der Waals surface area contributed by atoms with Gasteiger partial charge in [-0.05, 0) is 30.9 Å². The topological polar surface area (TPSA) is 40.5 Å². The van der Waals surface area contributed by atoms with Crippen LogP contribution < -0.4 is 0 Å². The molecule has 0 unspecified atom stereocenters. The molecule has 1 aliphatic rings. The fourth-order valence-corrected chi connectivity index (χ4v) is 1.99. The van der Waals surface area contributed by atoms with Crippen molar-refractivity contribution in [3.8, 4) is 5.75 Å². The summed E-state index contributed by atoms with van der Waals surface area (Å²) in [6.45, 7) is 4.97. The average molecular weight is 233 g/mol. The maximum absolute atomic E-state index is 12.3. The largest absolute Gasteiger partial charge is 0.507 e. The summed E-state index contributed by atoms with van der Waals surface area (Å²) in [6, 6.07) is 7.15. The van der Waals surface area contributed by atoms with Crippen LogP contribution in [0, 0.1) is 5.92 Å². The first kappa shape index (κ1) is 12.0. The van der Waals surface area contributed by atoms with Crippen LogP contribution in [0.25, 0.3) is 0 Å². The van der Waals surface area contributed by atoms with E-state index in [-0.39, 0.29) is 11.7 Å². The molecule has 0 aromatic heterocycles. The highest BCUT2D eigenvalue weighted by Crippen LogP contribution is 2.30. The molecule has 0 atom stereocenters. The molecule has 0 saturated heterocycles. The number of nitrogens with zero attached hydrogens (tertiary/aromatic N) is 1. The molecule has 3 nitrogen and oxygen atoms in total. The van der Waals surface area contributed by atoms with E-state index in [1.165, 1.54) is 0 Å². The number of amides is 1. The van der Waals surface area contributed by atoms with Crippen LogP contribution in [0.3, 0.4) is 0 Å². The van der Waals surface area contributed by atoms with Crippen LogP contribution in [0.15, 0.2) is 24.3 Å². The van der Waals surface area contributed by atoms with Crippen molar-refractivity contribution in [2.24, 2.45) is 5.92 Å².